The van der Waals surface area contributed by atoms with Crippen molar-refractivity contribution in [3.8, 4) is 28.4 Å². The van der Waals surface area contributed by atoms with Gasteiger partial charge < -0.3 is 14.6 Å². The highest BCUT2D eigenvalue weighted by atomic mass is 35.5. The van der Waals surface area contributed by atoms with Gasteiger partial charge in [0.1, 0.15) is 17.1 Å². The largest absolute Gasteiger partial charge is 0.493 e. The molecule has 0 bridgehead atoms. The lowest BCUT2D eigenvalue weighted by Crippen LogP contribution is -2.30. The van der Waals surface area contributed by atoms with E-state index in [1.54, 1.807) is 6.07 Å². The lowest BCUT2D eigenvalue weighted by molar-refractivity contribution is 0.104. The summed E-state index contributed by atoms with van der Waals surface area (Å²) >= 11 is 12.6. The molecule has 1 aliphatic rings. The molecule has 0 radical (unpaired) electrons. The van der Waals surface area contributed by atoms with Gasteiger partial charge in [0.25, 0.3) is 0 Å². The highest BCUT2D eigenvalue weighted by Crippen LogP contribution is 2.52. The third-order valence-corrected chi connectivity index (χ3v) is 7.97. The number of hydrogen-bond acceptors (Lipinski definition) is 4. The van der Waals surface area contributed by atoms with Crippen LogP contribution in [0.25, 0.3) is 16.9 Å². The molecule has 5 nitrogen and oxygen atoms in total. The van der Waals surface area contributed by atoms with E-state index in [0.29, 0.717) is 23.1 Å². The van der Waals surface area contributed by atoms with Gasteiger partial charge >= 0.3 is 0 Å². The van der Waals surface area contributed by atoms with Crippen molar-refractivity contribution in [2.75, 3.05) is 13.2 Å². The average Bonchev–Trinajstić information content (AvgIpc) is 3.29. The average molecular weight is 546 g/mol. The Balaban J connectivity index is 1.86. The van der Waals surface area contributed by atoms with Crippen LogP contribution in [0.5, 0.6) is 11.5 Å². The van der Waals surface area contributed by atoms with E-state index in [9.17, 15) is 5.11 Å². The van der Waals surface area contributed by atoms with Gasteiger partial charge in [-0.1, -0.05) is 69.7 Å². The zero-order chi connectivity index (χ0) is 26.8. The first-order chi connectivity index (χ1) is 17.6. The van der Waals surface area contributed by atoms with Gasteiger partial charge in [0.2, 0.25) is 0 Å². The first-order valence-corrected chi connectivity index (χ1v) is 14.0. The van der Waals surface area contributed by atoms with E-state index in [4.69, 9.17) is 37.8 Å². The Hall–Kier alpha value is -2.21. The van der Waals surface area contributed by atoms with E-state index in [1.165, 1.54) is 31.2 Å². The van der Waals surface area contributed by atoms with Crippen molar-refractivity contribution < 1.29 is 14.6 Å². The number of nitrogens with zero attached hydrogens (tertiary/aromatic N) is 2. The molecule has 0 aliphatic carbocycles. The fraction of sp³-hybridized carbons (Fsp3) is 0.500. The first-order valence-electron chi connectivity index (χ1n) is 13.2. The maximum Gasteiger partial charge on any atom is 0.134 e. The van der Waals surface area contributed by atoms with Crippen LogP contribution in [0.15, 0.2) is 36.5 Å². The summed E-state index contributed by atoms with van der Waals surface area (Å²) in [5.41, 5.74) is 4.09. The third kappa shape index (κ3) is 5.79. The van der Waals surface area contributed by atoms with Crippen molar-refractivity contribution in [1.82, 2.24) is 9.78 Å². The standard InChI is InChI=1S/C30H38Cl2N2O3/c1-6-7-8-9-13-29(2,3)20-16-25(36-15-10-14-35)27-26(17-20)37-30(4,5)22-19-33-34(28(22)27)21-11-12-23(31)24(32)18-21/h11-12,16-19,35H,6-10,13-15H2,1-5H3. The minimum absolute atomic E-state index is 0.0460. The lowest BCUT2D eigenvalue weighted by atomic mass is 9.78. The summed E-state index contributed by atoms with van der Waals surface area (Å²) in [5.74, 6) is 1.51. The Morgan fingerprint density at radius 3 is 2.54 bits per heavy atom. The van der Waals surface area contributed by atoms with E-state index >= 15 is 0 Å². The van der Waals surface area contributed by atoms with Crippen LogP contribution in [0.2, 0.25) is 10.0 Å². The summed E-state index contributed by atoms with van der Waals surface area (Å²) < 4.78 is 14.8. The maximum absolute atomic E-state index is 9.40. The van der Waals surface area contributed by atoms with Gasteiger partial charge in [0.15, 0.2) is 0 Å². The van der Waals surface area contributed by atoms with Gasteiger partial charge in [0.05, 0.1) is 39.8 Å². The Kier molecular flexibility index (Phi) is 8.47. The summed E-state index contributed by atoms with van der Waals surface area (Å²) in [6.45, 7) is 11.4. The van der Waals surface area contributed by atoms with E-state index < -0.39 is 5.60 Å². The quantitative estimate of drug-likeness (QED) is 0.246. The number of hydrogen-bond donors (Lipinski definition) is 1. The van der Waals surface area contributed by atoms with Crippen molar-refractivity contribution in [1.29, 1.82) is 0 Å². The fourth-order valence-corrected chi connectivity index (χ4v) is 5.26. The second kappa shape index (κ2) is 11.3. The molecule has 2 heterocycles. The number of halogens is 2. The highest BCUT2D eigenvalue weighted by molar-refractivity contribution is 6.42. The van der Waals surface area contributed by atoms with E-state index in [2.05, 4.69) is 46.8 Å². The monoisotopic (exact) mass is 544 g/mol. The Morgan fingerprint density at radius 2 is 1.84 bits per heavy atom. The van der Waals surface area contributed by atoms with Crippen molar-refractivity contribution >= 4 is 23.2 Å². The minimum atomic E-state index is -0.594. The van der Waals surface area contributed by atoms with Crippen molar-refractivity contribution in [2.24, 2.45) is 0 Å². The molecule has 4 rings (SSSR count). The first kappa shape index (κ1) is 27.8. The number of aliphatic hydroxyl groups is 1. The van der Waals surface area contributed by atoms with Gasteiger partial charge in [-0.05, 0) is 61.6 Å². The summed E-state index contributed by atoms with van der Waals surface area (Å²) in [6.07, 6.45) is 8.38. The summed E-state index contributed by atoms with van der Waals surface area (Å²) in [5, 5.41) is 15.1. The molecule has 7 heteroatoms. The van der Waals surface area contributed by atoms with Gasteiger partial charge in [-0.3, -0.25) is 0 Å². The van der Waals surface area contributed by atoms with Crippen LogP contribution >= 0.6 is 23.2 Å². The van der Waals surface area contributed by atoms with Gasteiger partial charge in [0, 0.05) is 18.6 Å². The molecule has 200 valence electrons. The fourth-order valence-electron chi connectivity index (χ4n) is 4.97. The molecule has 0 saturated carbocycles. The third-order valence-electron chi connectivity index (χ3n) is 7.23. The number of fused-ring (bicyclic) bond motifs is 3. The van der Waals surface area contributed by atoms with Crippen molar-refractivity contribution in [3.63, 3.8) is 0 Å². The SMILES string of the molecule is CCCCCCC(C)(C)c1cc(OCCCO)c2c(c1)OC(C)(C)c1cnn(-c3ccc(Cl)c(Cl)c3)c1-2. The molecule has 0 saturated heterocycles. The number of benzene rings is 2. The Morgan fingerprint density at radius 1 is 1.05 bits per heavy atom. The van der Waals surface area contributed by atoms with Crippen molar-refractivity contribution in [3.05, 3.63) is 57.7 Å². The Bertz CT molecular complexity index is 1250. The second-order valence-corrected chi connectivity index (χ2v) is 11.8. The molecular weight excluding hydrogens is 507 g/mol. The molecule has 37 heavy (non-hydrogen) atoms. The summed E-state index contributed by atoms with van der Waals surface area (Å²) in [7, 11) is 0. The molecule has 0 spiro atoms. The predicted octanol–water partition coefficient (Wildman–Crippen LogP) is 8.48. The molecule has 0 atom stereocenters. The highest BCUT2D eigenvalue weighted by Gasteiger charge is 2.39. The van der Waals surface area contributed by atoms with Crippen LogP contribution in [0.1, 0.15) is 84.3 Å². The molecular formula is C30H38Cl2N2O3. The topological polar surface area (TPSA) is 56.5 Å². The molecule has 3 aromatic rings. The van der Waals surface area contributed by atoms with E-state index in [-0.39, 0.29) is 12.0 Å². The number of rotatable bonds is 11. The smallest absolute Gasteiger partial charge is 0.134 e. The predicted molar refractivity (Wildman–Crippen MR) is 152 cm³/mol. The van der Waals surface area contributed by atoms with Gasteiger partial charge in [-0.15, -0.1) is 0 Å². The van der Waals surface area contributed by atoms with Gasteiger partial charge in [-0.25, -0.2) is 4.68 Å². The number of ether oxygens (including phenoxy) is 2. The maximum atomic E-state index is 9.40. The van der Waals surface area contributed by atoms with Crippen LogP contribution in [0.4, 0.5) is 0 Å². The molecule has 0 fully saturated rings. The Labute approximate surface area is 230 Å². The molecule has 0 unspecified atom stereocenters. The lowest BCUT2D eigenvalue weighted by Gasteiger charge is -2.35. The summed E-state index contributed by atoms with van der Waals surface area (Å²) in [6, 6.07) is 9.82. The summed E-state index contributed by atoms with van der Waals surface area (Å²) in [4.78, 5) is 0. The second-order valence-electron chi connectivity index (χ2n) is 11.0. The van der Waals surface area contributed by atoms with Crippen LogP contribution in [0.3, 0.4) is 0 Å². The minimum Gasteiger partial charge on any atom is -0.493 e. The van der Waals surface area contributed by atoms with E-state index in [0.717, 1.165) is 40.4 Å². The van der Waals surface area contributed by atoms with Crippen LogP contribution in [0, 0.1) is 0 Å². The molecule has 0 amide bonds. The van der Waals surface area contributed by atoms with Crippen molar-refractivity contribution in [2.45, 2.75) is 84.2 Å². The van der Waals surface area contributed by atoms with E-state index in [1.807, 2.05) is 23.0 Å². The zero-order valence-electron chi connectivity index (χ0n) is 22.5. The van der Waals surface area contributed by atoms with Crippen LogP contribution < -0.4 is 9.47 Å². The number of aromatic nitrogens is 2. The van der Waals surface area contributed by atoms with Crippen LogP contribution in [-0.4, -0.2) is 28.1 Å². The normalized spacial score (nSPS) is 14.2. The molecule has 1 aromatic heterocycles. The number of unbranched alkanes of at least 4 members (excludes halogenated alkanes) is 3. The number of aliphatic hydroxyl groups excluding tert-OH is 1. The molecule has 1 N–H and O–H groups in total. The van der Waals surface area contributed by atoms with Gasteiger partial charge in [-0.2, -0.15) is 5.10 Å². The molecule has 1 aliphatic heterocycles. The van der Waals surface area contributed by atoms with Crippen LogP contribution in [-0.2, 0) is 11.0 Å². The molecule has 2 aromatic carbocycles. The zero-order valence-corrected chi connectivity index (χ0v) is 24.0.